The molecular formula is C14H18N4OS. The van der Waals surface area contributed by atoms with Gasteiger partial charge in [-0.15, -0.1) is 11.8 Å². The van der Waals surface area contributed by atoms with E-state index in [0.717, 1.165) is 17.1 Å². The molecule has 1 heterocycles. The lowest BCUT2D eigenvalue weighted by atomic mass is 10.1. The number of nitriles is 1. The lowest BCUT2D eigenvalue weighted by Gasteiger charge is -2.37. The minimum atomic E-state index is -0.280. The van der Waals surface area contributed by atoms with Crippen molar-refractivity contribution in [2.24, 2.45) is 0 Å². The summed E-state index contributed by atoms with van der Waals surface area (Å²) in [5.74, 6) is -0.0318. The topological polar surface area (TPSA) is 68.2 Å². The van der Waals surface area contributed by atoms with E-state index in [4.69, 9.17) is 0 Å². The zero-order valence-electron chi connectivity index (χ0n) is 11.6. The van der Waals surface area contributed by atoms with Crippen molar-refractivity contribution in [1.29, 1.82) is 5.26 Å². The average Bonchev–Trinajstić information content (AvgIpc) is 2.53. The van der Waals surface area contributed by atoms with Crippen molar-refractivity contribution in [1.82, 2.24) is 10.6 Å². The van der Waals surface area contributed by atoms with Gasteiger partial charge in [0, 0.05) is 31.6 Å². The van der Waals surface area contributed by atoms with Crippen molar-refractivity contribution >= 4 is 23.4 Å². The molecule has 1 aromatic rings. The van der Waals surface area contributed by atoms with Crippen molar-refractivity contribution in [2.45, 2.75) is 10.9 Å². The minimum Gasteiger partial charge on any atom is -0.357 e. The molecule has 1 fully saturated rings. The highest BCUT2D eigenvalue weighted by atomic mass is 32.2. The minimum absolute atomic E-state index is 0.0318. The van der Waals surface area contributed by atoms with Gasteiger partial charge >= 0.3 is 0 Å². The highest BCUT2D eigenvalue weighted by molar-refractivity contribution is 7.98. The second kappa shape index (κ2) is 6.64. The van der Waals surface area contributed by atoms with E-state index in [1.165, 1.54) is 0 Å². The van der Waals surface area contributed by atoms with Crippen LogP contribution in [0, 0.1) is 11.3 Å². The Bertz CT molecular complexity index is 540. The number of rotatable bonds is 3. The predicted octanol–water partition coefficient (Wildman–Crippen LogP) is 0.804. The van der Waals surface area contributed by atoms with Crippen LogP contribution in [0.25, 0.3) is 0 Å². The summed E-state index contributed by atoms with van der Waals surface area (Å²) >= 11 is 1.55. The molecule has 5 nitrogen and oxygen atoms in total. The molecule has 1 unspecified atom stereocenters. The van der Waals surface area contributed by atoms with Crippen LogP contribution in [0.2, 0.25) is 0 Å². The third kappa shape index (κ3) is 2.74. The fraction of sp³-hybridized carbons (Fsp3) is 0.429. The highest BCUT2D eigenvalue weighted by Gasteiger charge is 2.29. The largest absolute Gasteiger partial charge is 0.357 e. The van der Waals surface area contributed by atoms with Gasteiger partial charge in [-0.2, -0.15) is 5.26 Å². The summed E-state index contributed by atoms with van der Waals surface area (Å²) < 4.78 is 0. The summed E-state index contributed by atoms with van der Waals surface area (Å²) in [6, 6.07) is 7.78. The number of likely N-dealkylation sites (N-methyl/N-ethyl adjacent to an activating group) is 1. The molecule has 0 aliphatic carbocycles. The van der Waals surface area contributed by atoms with Gasteiger partial charge < -0.3 is 15.5 Å². The molecule has 2 N–H and O–H groups in total. The molecule has 106 valence electrons. The Morgan fingerprint density at radius 3 is 3.05 bits per heavy atom. The Morgan fingerprint density at radius 1 is 1.60 bits per heavy atom. The Labute approximate surface area is 123 Å². The Hall–Kier alpha value is -1.71. The van der Waals surface area contributed by atoms with Crippen LogP contribution in [-0.4, -0.2) is 44.9 Å². The first-order valence-corrected chi connectivity index (χ1v) is 7.71. The van der Waals surface area contributed by atoms with E-state index in [1.54, 1.807) is 18.8 Å². The molecule has 1 aliphatic rings. The lowest BCUT2D eigenvalue weighted by Crippen LogP contribution is -2.57. The summed E-state index contributed by atoms with van der Waals surface area (Å²) in [7, 11) is 1.64. The van der Waals surface area contributed by atoms with E-state index in [-0.39, 0.29) is 11.9 Å². The van der Waals surface area contributed by atoms with Crippen molar-refractivity contribution in [3.05, 3.63) is 23.8 Å². The van der Waals surface area contributed by atoms with Crippen LogP contribution in [-0.2, 0) is 4.79 Å². The molecule has 6 heteroatoms. The molecule has 0 saturated carbocycles. The normalized spacial score (nSPS) is 18.4. The predicted molar refractivity (Wildman–Crippen MR) is 81.0 cm³/mol. The lowest BCUT2D eigenvalue weighted by molar-refractivity contribution is -0.122. The smallest absolute Gasteiger partial charge is 0.243 e. The number of thioether (sulfide) groups is 1. The Morgan fingerprint density at radius 2 is 2.40 bits per heavy atom. The van der Waals surface area contributed by atoms with Crippen LogP contribution in [0.4, 0.5) is 5.69 Å². The van der Waals surface area contributed by atoms with Gasteiger partial charge in [0.2, 0.25) is 5.91 Å². The third-order valence-electron chi connectivity index (χ3n) is 3.44. The van der Waals surface area contributed by atoms with E-state index in [2.05, 4.69) is 16.7 Å². The number of carbonyl (C=O) groups is 1. The molecule has 0 radical (unpaired) electrons. The monoisotopic (exact) mass is 290 g/mol. The molecule has 0 spiro atoms. The average molecular weight is 290 g/mol. The van der Waals surface area contributed by atoms with Crippen LogP contribution in [0.15, 0.2) is 23.1 Å². The fourth-order valence-corrected chi connectivity index (χ4v) is 3.00. The zero-order chi connectivity index (χ0) is 14.5. The maximum Gasteiger partial charge on any atom is 0.243 e. The number of nitrogens with zero attached hydrogens (tertiary/aromatic N) is 2. The molecule has 0 bridgehead atoms. The van der Waals surface area contributed by atoms with Gasteiger partial charge in [-0.05, 0) is 18.4 Å². The van der Waals surface area contributed by atoms with Crippen molar-refractivity contribution in [2.75, 3.05) is 37.8 Å². The number of piperazine rings is 1. The number of nitrogens with one attached hydrogen (secondary N) is 2. The van der Waals surface area contributed by atoms with Crippen LogP contribution in [0.1, 0.15) is 5.56 Å². The number of hydrogen-bond acceptors (Lipinski definition) is 5. The maximum atomic E-state index is 12.0. The molecule has 20 heavy (non-hydrogen) atoms. The molecule has 1 aromatic carbocycles. The molecule has 1 amide bonds. The van der Waals surface area contributed by atoms with Crippen LogP contribution >= 0.6 is 11.8 Å². The van der Waals surface area contributed by atoms with Gasteiger partial charge in [-0.1, -0.05) is 6.07 Å². The third-order valence-corrected chi connectivity index (χ3v) is 4.22. The molecule has 2 rings (SSSR count). The van der Waals surface area contributed by atoms with E-state index in [9.17, 15) is 10.1 Å². The van der Waals surface area contributed by atoms with Crippen molar-refractivity contribution < 1.29 is 4.79 Å². The number of anilines is 1. The number of hydrogen-bond donors (Lipinski definition) is 2. The summed E-state index contributed by atoms with van der Waals surface area (Å²) in [5, 5.41) is 15.4. The maximum absolute atomic E-state index is 12.0. The summed E-state index contributed by atoms with van der Waals surface area (Å²) in [6.07, 6.45) is 1.95. The van der Waals surface area contributed by atoms with Gasteiger partial charge in [0.1, 0.15) is 12.1 Å². The molecule has 0 aromatic heterocycles. The summed E-state index contributed by atoms with van der Waals surface area (Å²) in [6.45, 7) is 2.11. The quantitative estimate of drug-likeness (QED) is 0.806. The first-order valence-electron chi connectivity index (χ1n) is 6.49. The molecule has 1 atom stereocenters. The van der Waals surface area contributed by atoms with Gasteiger partial charge in [-0.3, -0.25) is 4.79 Å². The van der Waals surface area contributed by atoms with E-state index in [0.29, 0.717) is 18.7 Å². The molecular weight excluding hydrogens is 272 g/mol. The molecule has 1 aliphatic heterocycles. The highest BCUT2D eigenvalue weighted by Crippen LogP contribution is 2.30. The van der Waals surface area contributed by atoms with Gasteiger partial charge in [0.05, 0.1) is 11.3 Å². The van der Waals surface area contributed by atoms with Crippen molar-refractivity contribution in [3.63, 3.8) is 0 Å². The van der Waals surface area contributed by atoms with Crippen LogP contribution in [0.3, 0.4) is 0 Å². The first-order chi connectivity index (χ1) is 9.72. The summed E-state index contributed by atoms with van der Waals surface area (Å²) in [4.78, 5) is 15.0. The van der Waals surface area contributed by atoms with Gasteiger partial charge in [0.25, 0.3) is 0 Å². The number of amides is 1. The fourth-order valence-electron chi connectivity index (χ4n) is 2.43. The van der Waals surface area contributed by atoms with Crippen LogP contribution in [0.5, 0.6) is 0 Å². The van der Waals surface area contributed by atoms with Gasteiger partial charge in [-0.25, -0.2) is 0 Å². The summed E-state index contributed by atoms with van der Waals surface area (Å²) in [5.41, 5.74) is 1.49. The van der Waals surface area contributed by atoms with E-state index < -0.39 is 0 Å². The first kappa shape index (κ1) is 14.7. The van der Waals surface area contributed by atoms with Crippen molar-refractivity contribution in [3.8, 4) is 6.07 Å². The Balaban J connectivity index is 2.43. The second-order valence-corrected chi connectivity index (χ2v) is 5.34. The SMILES string of the molecule is CNC(=O)C1CNCCN1c1cccc(SC)c1C#N. The standard InChI is InChI=1S/C14H18N4OS/c1-16-14(19)12-9-17-6-7-18(12)11-4-3-5-13(20-2)10(11)8-15/h3-5,12,17H,6-7,9H2,1-2H3,(H,16,19). The Kier molecular flexibility index (Phi) is 4.88. The van der Waals surface area contributed by atoms with Gasteiger partial charge in [0.15, 0.2) is 0 Å². The van der Waals surface area contributed by atoms with E-state index in [1.807, 2.05) is 29.4 Å². The second-order valence-electron chi connectivity index (χ2n) is 4.49. The number of benzene rings is 1. The number of carbonyl (C=O) groups excluding carboxylic acids is 1. The van der Waals surface area contributed by atoms with E-state index >= 15 is 0 Å². The zero-order valence-corrected chi connectivity index (χ0v) is 12.5. The molecule has 1 saturated heterocycles. The van der Waals surface area contributed by atoms with Crippen LogP contribution < -0.4 is 15.5 Å².